The van der Waals surface area contributed by atoms with E-state index in [1.165, 1.54) is 23.9 Å². The predicted octanol–water partition coefficient (Wildman–Crippen LogP) is 1.84. The summed E-state index contributed by atoms with van der Waals surface area (Å²) in [6.45, 7) is 0. The maximum Gasteiger partial charge on any atom is 0.268 e. The average Bonchev–Trinajstić information content (AvgIpc) is 3.26. The van der Waals surface area contributed by atoms with E-state index in [-0.39, 0.29) is 10.6 Å². The SMILES string of the molecule is CNS(=O)(=O)c1cc(C(=O)N[C@H](c2ccc(Cl)cc2)c2nccn2C)n(C)c1. The molecule has 3 aromatic rings. The molecule has 0 saturated carbocycles. The van der Waals surface area contributed by atoms with Crippen LogP contribution in [0.5, 0.6) is 0 Å². The lowest BCUT2D eigenvalue weighted by Gasteiger charge is -2.19. The lowest BCUT2D eigenvalue weighted by Crippen LogP contribution is -2.32. The van der Waals surface area contributed by atoms with Crippen molar-refractivity contribution in [3.05, 3.63) is 71.0 Å². The zero-order valence-corrected chi connectivity index (χ0v) is 17.1. The number of benzene rings is 1. The third kappa shape index (κ3) is 3.96. The molecule has 1 aromatic carbocycles. The van der Waals surface area contributed by atoms with Crippen LogP contribution in [0.15, 0.2) is 53.8 Å². The van der Waals surface area contributed by atoms with Gasteiger partial charge >= 0.3 is 0 Å². The summed E-state index contributed by atoms with van der Waals surface area (Å²) in [5.41, 5.74) is 1.01. The van der Waals surface area contributed by atoms with Gasteiger partial charge in [0.25, 0.3) is 5.91 Å². The number of imidazole rings is 1. The van der Waals surface area contributed by atoms with Crippen LogP contribution in [0.4, 0.5) is 0 Å². The molecule has 2 aromatic heterocycles. The number of aryl methyl sites for hydroxylation is 2. The van der Waals surface area contributed by atoms with Crippen LogP contribution in [0.2, 0.25) is 5.02 Å². The van der Waals surface area contributed by atoms with Crippen LogP contribution < -0.4 is 10.0 Å². The molecule has 0 unspecified atom stereocenters. The van der Waals surface area contributed by atoms with Crippen LogP contribution in [0.1, 0.15) is 27.9 Å². The molecule has 1 amide bonds. The van der Waals surface area contributed by atoms with Crippen molar-refractivity contribution >= 4 is 27.5 Å². The van der Waals surface area contributed by atoms with Gasteiger partial charge in [-0.3, -0.25) is 4.79 Å². The molecule has 0 aliphatic rings. The van der Waals surface area contributed by atoms with Gasteiger partial charge in [0.1, 0.15) is 22.5 Å². The minimum atomic E-state index is -3.65. The van der Waals surface area contributed by atoms with Gasteiger partial charge < -0.3 is 14.5 Å². The van der Waals surface area contributed by atoms with Crippen molar-refractivity contribution < 1.29 is 13.2 Å². The highest BCUT2D eigenvalue weighted by Crippen LogP contribution is 2.23. The number of nitrogens with zero attached hydrogens (tertiary/aromatic N) is 3. The van der Waals surface area contributed by atoms with Gasteiger partial charge in [-0.2, -0.15) is 0 Å². The second-order valence-corrected chi connectivity index (χ2v) is 8.56. The number of aromatic nitrogens is 3. The van der Waals surface area contributed by atoms with Gasteiger partial charge in [0.05, 0.1) is 0 Å². The third-order valence-corrected chi connectivity index (χ3v) is 6.02. The summed E-state index contributed by atoms with van der Waals surface area (Å²) in [7, 11) is 1.11. The monoisotopic (exact) mass is 421 g/mol. The number of sulfonamides is 1. The van der Waals surface area contributed by atoms with Crippen molar-refractivity contribution in [3.8, 4) is 0 Å². The smallest absolute Gasteiger partial charge is 0.268 e. The fraction of sp³-hybridized carbons (Fsp3) is 0.222. The minimum absolute atomic E-state index is 0.0164. The molecule has 0 fully saturated rings. The van der Waals surface area contributed by atoms with Crippen LogP contribution in [-0.2, 0) is 24.1 Å². The van der Waals surface area contributed by atoms with Gasteiger partial charge in [-0.15, -0.1) is 0 Å². The molecule has 0 radical (unpaired) electrons. The number of hydrogen-bond donors (Lipinski definition) is 2. The first-order chi connectivity index (χ1) is 13.2. The molecular weight excluding hydrogens is 402 g/mol. The summed E-state index contributed by atoms with van der Waals surface area (Å²) in [5, 5.41) is 3.52. The van der Waals surface area contributed by atoms with Crippen LogP contribution in [-0.4, -0.2) is 35.5 Å². The second kappa shape index (κ2) is 7.78. The van der Waals surface area contributed by atoms with E-state index in [4.69, 9.17) is 11.6 Å². The Morgan fingerprint density at radius 1 is 1.18 bits per heavy atom. The van der Waals surface area contributed by atoms with Gasteiger partial charge in [0.2, 0.25) is 10.0 Å². The Morgan fingerprint density at radius 3 is 2.43 bits per heavy atom. The first-order valence-corrected chi connectivity index (χ1v) is 10.2. The zero-order valence-electron chi connectivity index (χ0n) is 15.5. The Hall–Kier alpha value is -2.62. The van der Waals surface area contributed by atoms with Crippen molar-refractivity contribution in [2.24, 2.45) is 14.1 Å². The fourth-order valence-corrected chi connectivity index (χ4v) is 3.76. The number of nitrogens with one attached hydrogen (secondary N) is 2. The summed E-state index contributed by atoms with van der Waals surface area (Å²) in [5.74, 6) is 0.205. The van der Waals surface area contributed by atoms with Crippen LogP contribution >= 0.6 is 11.6 Å². The van der Waals surface area contributed by atoms with E-state index in [1.807, 2.05) is 19.2 Å². The van der Waals surface area contributed by atoms with Crippen molar-refractivity contribution in [1.82, 2.24) is 24.2 Å². The molecule has 2 heterocycles. The van der Waals surface area contributed by atoms with E-state index in [2.05, 4.69) is 15.0 Å². The standard InChI is InChI=1S/C18H20ClN5O3S/c1-20-28(26,27)14-10-15(24(3)11-14)18(25)22-16(17-21-8-9-23(17)2)12-4-6-13(19)7-5-12/h4-11,16,20H,1-3H3,(H,22,25)/t16-/m1/s1. The molecule has 8 nitrogen and oxygen atoms in total. The predicted molar refractivity (Wildman–Crippen MR) is 106 cm³/mol. The Balaban J connectivity index is 1.97. The van der Waals surface area contributed by atoms with Crippen LogP contribution in [0, 0.1) is 0 Å². The summed E-state index contributed by atoms with van der Waals surface area (Å²) < 4.78 is 29.5. The number of carbonyl (C=O) groups is 1. The van der Waals surface area contributed by atoms with Gasteiger partial charge in [0, 0.05) is 37.7 Å². The quantitative estimate of drug-likeness (QED) is 0.634. The van der Waals surface area contributed by atoms with Gasteiger partial charge in [-0.25, -0.2) is 18.1 Å². The molecule has 0 spiro atoms. The van der Waals surface area contributed by atoms with Gasteiger partial charge in [-0.1, -0.05) is 23.7 Å². The molecule has 1 atom stereocenters. The minimum Gasteiger partial charge on any atom is -0.345 e. The zero-order chi connectivity index (χ0) is 20.5. The van der Waals surface area contributed by atoms with E-state index in [9.17, 15) is 13.2 Å². The molecular formula is C18H20ClN5O3S. The summed E-state index contributed by atoms with van der Waals surface area (Å²) in [6, 6.07) is 7.88. The molecule has 0 saturated heterocycles. The molecule has 28 heavy (non-hydrogen) atoms. The topological polar surface area (TPSA) is 98.0 Å². The van der Waals surface area contributed by atoms with Crippen molar-refractivity contribution in [2.45, 2.75) is 10.9 Å². The van der Waals surface area contributed by atoms with Crippen molar-refractivity contribution in [1.29, 1.82) is 0 Å². The third-order valence-electron chi connectivity index (χ3n) is 4.39. The molecule has 10 heteroatoms. The maximum absolute atomic E-state index is 12.9. The number of hydrogen-bond acceptors (Lipinski definition) is 4. The van der Waals surface area contributed by atoms with E-state index in [1.54, 1.807) is 36.1 Å². The number of carbonyl (C=O) groups excluding carboxylic acids is 1. The molecule has 0 aliphatic carbocycles. The summed E-state index contributed by atoms with van der Waals surface area (Å²) in [6.07, 6.45) is 4.81. The van der Waals surface area contributed by atoms with E-state index < -0.39 is 22.0 Å². The number of rotatable bonds is 6. The molecule has 0 aliphatic heterocycles. The largest absolute Gasteiger partial charge is 0.345 e. The molecule has 3 rings (SSSR count). The first-order valence-electron chi connectivity index (χ1n) is 8.36. The highest BCUT2D eigenvalue weighted by Gasteiger charge is 2.24. The number of amides is 1. The average molecular weight is 422 g/mol. The van der Waals surface area contributed by atoms with E-state index in [0.29, 0.717) is 10.8 Å². The summed E-state index contributed by atoms with van der Waals surface area (Å²) in [4.78, 5) is 17.3. The van der Waals surface area contributed by atoms with Crippen LogP contribution in [0.25, 0.3) is 0 Å². The van der Waals surface area contributed by atoms with Crippen molar-refractivity contribution in [2.75, 3.05) is 7.05 Å². The fourth-order valence-electron chi connectivity index (χ4n) is 2.84. The lowest BCUT2D eigenvalue weighted by molar-refractivity contribution is 0.0933. The highest BCUT2D eigenvalue weighted by molar-refractivity contribution is 7.89. The Kier molecular flexibility index (Phi) is 5.59. The Bertz CT molecular complexity index is 1100. The number of halogens is 1. The molecule has 148 valence electrons. The summed E-state index contributed by atoms with van der Waals surface area (Å²) >= 11 is 5.98. The second-order valence-electron chi connectivity index (χ2n) is 6.23. The van der Waals surface area contributed by atoms with Crippen molar-refractivity contribution in [3.63, 3.8) is 0 Å². The normalized spacial score (nSPS) is 12.7. The maximum atomic E-state index is 12.9. The first kappa shape index (κ1) is 20.1. The highest BCUT2D eigenvalue weighted by atomic mass is 35.5. The van der Waals surface area contributed by atoms with Gasteiger partial charge in [0.15, 0.2) is 0 Å². The molecule has 2 N–H and O–H groups in total. The van der Waals surface area contributed by atoms with E-state index in [0.717, 1.165) is 5.56 Å². The Labute approximate surface area is 168 Å². The van der Waals surface area contributed by atoms with E-state index >= 15 is 0 Å². The van der Waals surface area contributed by atoms with Crippen LogP contribution in [0.3, 0.4) is 0 Å². The van der Waals surface area contributed by atoms with Gasteiger partial charge in [-0.05, 0) is 30.8 Å². The lowest BCUT2D eigenvalue weighted by atomic mass is 10.1. The Morgan fingerprint density at radius 2 is 1.86 bits per heavy atom. The molecule has 0 bridgehead atoms.